The molecule has 0 saturated carbocycles. The maximum Gasteiger partial charge on any atom is 0.345 e. The minimum Gasteiger partial charge on any atom is -0.358 e. The fourth-order valence-corrected chi connectivity index (χ4v) is 2.23. The first-order valence-corrected chi connectivity index (χ1v) is 5.43. The lowest BCUT2D eigenvalue weighted by atomic mass is 10.1. The highest BCUT2D eigenvalue weighted by molar-refractivity contribution is 5.22. The van der Waals surface area contributed by atoms with Crippen LogP contribution in [0.4, 0.5) is 5.82 Å². The van der Waals surface area contributed by atoms with Gasteiger partial charge in [0.25, 0.3) is 0 Å². The van der Waals surface area contributed by atoms with Gasteiger partial charge in [-0.1, -0.05) is 5.10 Å². The first-order chi connectivity index (χ1) is 7.56. The number of nitrogens with zero attached hydrogens (tertiary/aromatic N) is 4. The van der Waals surface area contributed by atoms with E-state index >= 15 is 0 Å². The smallest absolute Gasteiger partial charge is 0.345 e. The second kappa shape index (κ2) is 4.21. The minimum absolute atomic E-state index is 0.104. The number of hydrogen-bond donors (Lipinski definition) is 0. The van der Waals surface area contributed by atoms with Crippen LogP contribution in [0.15, 0.2) is 6.07 Å². The Bertz CT molecular complexity index is 402. The van der Waals surface area contributed by atoms with Gasteiger partial charge in [0.05, 0.1) is 11.8 Å². The SMILES string of the molecule is Cc1cc([N+](=O)[O-])n(C[C@@H]2CCN(C)C2)n1. The van der Waals surface area contributed by atoms with E-state index in [2.05, 4.69) is 17.0 Å². The van der Waals surface area contributed by atoms with E-state index in [1.165, 1.54) is 10.7 Å². The Balaban J connectivity index is 2.11. The quantitative estimate of drug-likeness (QED) is 0.568. The zero-order chi connectivity index (χ0) is 11.7. The van der Waals surface area contributed by atoms with E-state index in [4.69, 9.17) is 0 Å². The summed E-state index contributed by atoms with van der Waals surface area (Å²) in [6.45, 7) is 4.49. The molecule has 2 heterocycles. The third kappa shape index (κ3) is 2.21. The molecule has 0 unspecified atom stereocenters. The number of likely N-dealkylation sites (tertiary alicyclic amines) is 1. The van der Waals surface area contributed by atoms with Gasteiger partial charge in [0.1, 0.15) is 6.54 Å². The molecule has 1 aromatic heterocycles. The average Bonchev–Trinajstić information content (AvgIpc) is 2.74. The van der Waals surface area contributed by atoms with Gasteiger partial charge in [0.2, 0.25) is 0 Å². The van der Waals surface area contributed by atoms with Crippen LogP contribution in [0.2, 0.25) is 0 Å². The summed E-state index contributed by atoms with van der Waals surface area (Å²) in [6.07, 6.45) is 1.09. The van der Waals surface area contributed by atoms with Crippen LogP contribution in [-0.2, 0) is 6.54 Å². The highest BCUT2D eigenvalue weighted by atomic mass is 16.6. The van der Waals surface area contributed by atoms with Crippen molar-refractivity contribution in [3.63, 3.8) is 0 Å². The van der Waals surface area contributed by atoms with Crippen molar-refractivity contribution in [3.8, 4) is 0 Å². The molecule has 0 bridgehead atoms. The van der Waals surface area contributed by atoms with Crippen molar-refractivity contribution in [3.05, 3.63) is 21.9 Å². The maximum absolute atomic E-state index is 10.8. The molecule has 0 N–H and O–H groups in total. The molecule has 0 aromatic carbocycles. The summed E-state index contributed by atoms with van der Waals surface area (Å²) in [5.41, 5.74) is 0.707. The third-order valence-electron chi connectivity index (χ3n) is 2.99. The van der Waals surface area contributed by atoms with Crippen LogP contribution >= 0.6 is 0 Å². The summed E-state index contributed by atoms with van der Waals surface area (Å²) >= 11 is 0. The molecule has 0 aliphatic carbocycles. The first-order valence-electron chi connectivity index (χ1n) is 5.43. The van der Waals surface area contributed by atoms with Crippen molar-refractivity contribution in [1.29, 1.82) is 0 Å². The standard InChI is InChI=1S/C10H16N4O2/c1-8-5-10(14(15)16)13(11-8)7-9-3-4-12(2)6-9/h5,9H,3-4,6-7H2,1-2H3/t9-/m1/s1. The molecular formula is C10H16N4O2. The van der Waals surface area contributed by atoms with E-state index in [0.717, 1.165) is 19.5 Å². The summed E-state index contributed by atoms with van der Waals surface area (Å²) in [5, 5.41) is 15.0. The largest absolute Gasteiger partial charge is 0.358 e. The fraction of sp³-hybridized carbons (Fsp3) is 0.700. The third-order valence-corrected chi connectivity index (χ3v) is 2.99. The summed E-state index contributed by atoms with van der Waals surface area (Å²) in [6, 6.07) is 1.53. The lowest BCUT2D eigenvalue weighted by Gasteiger charge is -2.07. The number of nitro groups is 1. The predicted octanol–water partition coefficient (Wildman–Crippen LogP) is 1.05. The van der Waals surface area contributed by atoms with Crippen LogP contribution in [0.3, 0.4) is 0 Å². The summed E-state index contributed by atoms with van der Waals surface area (Å²) < 4.78 is 1.53. The lowest BCUT2D eigenvalue weighted by molar-refractivity contribution is -0.392. The van der Waals surface area contributed by atoms with Crippen LogP contribution in [0.5, 0.6) is 0 Å². The maximum atomic E-state index is 10.8. The van der Waals surface area contributed by atoms with Gasteiger partial charge in [-0.3, -0.25) is 0 Å². The van der Waals surface area contributed by atoms with Gasteiger partial charge in [0.15, 0.2) is 0 Å². The Morgan fingerprint density at radius 1 is 1.69 bits per heavy atom. The lowest BCUT2D eigenvalue weighted by Crippen LogP contribution is -2.18. The Morgan fingerprint density at radius 2 is 2.44 bits per heavy atom. The number of aryl methyl sites for hydroxylation is 1. The molecule has 6 heteroatoms. The molecule has 1 aromatic rings. The van der Waals surface area contributed by atoms with Gasteiger partial charge in [-0.25, -0.2) is 0 Å². The normalized spacial score (nSPS) is 21.5. The summed E-state index contributed by atoms with van der Waals surface area (Å²) in [4.78, 5) is 12.7. The molecule has 1 aliphatic rings. The highest BCUT2D eigenvalue weighted by Crippen LogP contribution is 2.20. The van der Waals surface area contributed by atoms with Crippen LogP contribution in [-0.4, -0.2) is 39.7 Å². The van der Waals surface area contributed by atoms with E-state index in [-0.39, 0.29) is 10.7 Å². The first kappa shape index (κ1) is 11.1. The Morgan fingerprint density at radius 3 is 3.00 bits per heavy atom. The van der Waals surface area contributed by atoms with E-state index in [9.17, 15) is 10.1 Å². The van der Waals surface area contributed by atoms with Crippen LogP contribution in [0, 0.1) is 23.0 Å². The zero-order valence-electron chi connectivity index (χ0n) is 9.59. The molecule has 6 nitrogen and oxygen atoms in total. The second-order valence-electron chi connectivity index (χ2n) is 4.50. The molecule has 1 fully saturated rings. The number of rotatable bonds is 3. The van der Waals surface area contributed by atoms with Crippen molar-refractivity contribution < 1.29 is 4.92 Å². The molecule has 1 aliphatic heterocycles. The van der Waals surface area contributed by atoms with E-state index in [1.807, 2.05) is 0 Å². The zero-order valence-corrected chi connectivity index (χ0v) is 9.59. The van der Waals surface area contributed by atoms with Crippen LogP contribution in [0.1, 0.15) is 12.1 Å². The van der Waals surface area contributed by atoms with Crippen molar-refractivity contribution >= 4 is 5.82 Å². The Hall–Kier alpha value is -1.43. The molecular weight excluding hydrogens is 208 g/mol. The summed E-state index contributed by atoms with van der Waals surface area (Å²) in [7, 11) is 2.07. The molecule has 1 saturated heterocycles. The van der Waals surface area contributed by atoms with E-state index in [1.54, 1.807) is 6.92 Å². The van der Waals surface area contributed by atoms with E-state index in [0.29, 0.717) is 18.2 Å². The molecule has 2 rings (SSSR count). The topological polar surface area (TPSA) is 64.2 Å². The monoisotopic (exact) mass is 224 g/mol. The summed E-state index contributed by atoms with van der Waals surface area (Å²) in [5.74, 6) is 0.579. The van der Waals surface area contributed by atoms with Gasteiger partial charge >= 0.3 is 5.82 Å². The van der Waals surface area contributed by atoms with Gasteiger partial charge in [-0.2, -0.15) is 0 Å². The Labute approximate surface area is 94.0 Å². The fourth-order valence-electron chi connectivity index (χ4n) is 2.23. The molecule has 16 heavy (non-hydrogen) atoms. The molecule has 1 atom stereocenters. The molecule has 0 spiro atoms. The van der Waals surface area contributed by atoms with Crippen molar-refractivity contribution in [2.45, 2.75) is 19.9 Å². The average molecular weight is 224 g/mol. The van der Waals surface area contributed by atoms with E-state index < -0.39 is 0 Å². The van der Waals surface area contributed by atoms with Crippen LogP contribution < -0.4 is 0 Å². The minimum atomic E-state index is -0.362. The molecule has 0 amide bonds. The van der Waals surface area contributed by atoms with Crippen molar-refractivity contribution in [2.24, 2.45) is 5.92 Å². The molecule has 0 radical (unpaired) electrons. The number of hydrogen-bond acceptors (Lipinski definition) is 4. The highest BCUT2D eigenvalue weighted by Gasteiger charge is 2.25. The second-order valence-corrected chi connectivity index (χ2v) is 4.50. The predicted molar refractivity (Wildman–Crippen MR) is 59.2 cm³/mol. The van der Waals surface area contributed by atoms with Crippen molar-refractivity contribution in [1.82, 2.24) is 14.7 Å². The van der Waals surface area contributed by atoms with Gasteiger partial charge in [-0.15, -0.1) is 4.68 Å². The van der Waals surface area contributed by atoms with Gasteiger partial charge in [-0.05, 0) is 31.9 Å². The molecule has 88 valence electrons. The number of aromatic nitrogens is 2. The van der Waals surface area contributed by atoms with Crippen LogP contribution in [0.25, 0.3) is 0 Å². The van der Waals surface area contributed by atoms with Gasteiger partial charge < -0.3 is 15.0 Å². The van der Waals surface area contributed by atoms with Crippen molar-refractivity contribution in [2.75, 3.05) is 20.1 Å². The van der Waals surface area contributed by atoms with Gasteiger partial charge in [0, 0.05) is 12.5 Å². The Kier molecular flexibility index (Phi) is 2.91.